The van der Waals surface area contributed by atoms with E-state index in [1.54, 1.807) is 9.80 Å². The molecule has 0 aromatic heterocycles. The maximum atomic E-state index is 12.3. The van der Waals surface area contributed by atoms with Crippen LogP contribution in [0, 0.1) is 11.3 Å². The molecule has 19 heavy (non-hydrogen) atoms. The van der Waals surface area contributed by atoms with E-state index in [0.717, 1.165) is 0 Å². The van der Waals surface area contributed by atoms with E-state index in [-0.39, 0.29) is 12.1 Å². The maximum Gasteiger partial charge on any atom is 0.410 e. The van der Waals surface area contributed by atoms with E-state index in [1.807, 2.05) is 55.6 Å². The molecular formula is C14H27N3O2. The van der Waals surface area contributed by atoms with Gasteiger partial charge in [-0.25, -0.2) is 4.79 Å². The van der Waals surface area contributed by atoms with Gasteiger partial charge in [0.25, 0.3) is 0 Å². The van der Waals surface area contributed by atoms with Crippen LogP contribution in [0.4, 0.5) is 4.79 Å². The number of hydrogen-bond donors (Lipinski definition) is 0. The Bertz CT molecular complexity index is 345. The molecule has 0 saturated carbocycles. The Balaban J connectivity index is 5.05. The molecule has 0 aliphatic carbocycles. The average Bonchev–Trinajstić information content (AvgIpc) is 2.12. The number of carbonyl (C=O) groups excluding carboxylic acids is 1. The van der Waals surface area contributed by atoms with Crippen LogP contribution in [0.3, 0.4) is 0 Å². The molecule has 0 aliphatic rings. The number of amides is 1. The minimum absolute atomic E-state index is 0.321. The summed E-state index contributed by atoms with van der Waals surface area (Å²) in [6.45, 7) is 11.6. The summed E-state index contributed by atoms with van der Waals surface area (Å²) < 4.78 is 5.41. The zero-order chi connectivity index (χ0) is 15.4. The normalized spacial score (nSPS) is 13.9. The standard InChI is InChI=1S/C14H27N3O2/c1-13(2,3)17(10-11(9-15)16(7)8)12(18)19-14(4,5)6/h11H,10H2,1-8H3. The molecule has 1 unspecified atom stereocenters. The zero-order valence-electron chi connectivity index (χ0n) is 13.4. The maximum absolute atomic E-state index is 12.3. The quantitative estimate of drug-likeness (QED) is 0.790. The van der Waals surface area contributed by atoms with Crippen LogP contribution in [-0.4, -0.2) is 53.7 Å². The van der Waals surface area contributed by atoms with Crippen molar-refractivity contribution in [1.29, 1.82) is 5.26 Å². The van der Waals surface area contributed by atoms with Crippen LogP contribution < -0.4 is 0 Å². The summed E-state index contributed by atoms with van der Waals surface area (Å²) in [5.41, 5.74) is -0.936. The van der Waals surface area contributed by atoms with E-state index in [0.29, 0.717) is 6.54 Å². The Kier molecular flexibility index (Phi) is 5.83. The highest BCUT2D eigenvalue weighted by molar-refractivity contribution is 5.69. The molecule has 0 fully saturated rings. The summed E-state index contributed by atoms with van der Waals surface area (Å²) in [5.74, 6) is 0. The molecule has 1 atom stereocenters. The van der Waals surface area contributed by atoms with E-state index >= 15 is 0 Å². The molecule has 0 heterocycles. The van der Waals surface area contributed by atoms with Gasteiger partial charge in [-0.2, -0.15) is 5.26 Å². The summed E-state index contributed by atoms with van der Waals surface area (Å²) in [7, 11) is 3.65. The Labute approximate surface area is 117 Å². The van der Waals surface area contributed by atoms with Crippen molar-refractivity contribution in [3.8, 4) is 6.07 Å². The fraction of sp³-hybridized carbons (Fsp3) is 0.857. The lowest BCUT2D eigenvalue weighted by atomic mass is 10.1. The molecule has 0 aromatic rings. The van der Waals surface area contributed by atoms with E-state index in [9.17, 15) is 4.79 Å². The van der Waals surface area contributed by atoms with Crippen molar-refractivity contribution in [3.63, 3.8) is 0 Å². The lowest BCUT2D eigenvalue weighted by Crippen LogP contribution is -2.52. The Morgan fingerprint density at radius 2 is 1.68 bits per heavy atom. The summed E-state index contributed by atoms with van der Waals surface area (Å²) >= 11 is 0. The Hall–Kier alpha value is -1.28. The van der Waals surface area contributed by atoms with Crippen LogP contribution in [0.25, 0.3) is 0 Å². The number of carbonyl (C=O) groups is 1. The number of hydrogen-bond acceptors (Lipinski definition) is 4. The second-order valence-corrected chi connectivity index (χ2v) is 6.87. The first kappa shape index (κ1) is 17.7. The van der Waals surface area contributed by atoms with Gasteiger partial charge < -0.3 is 9.64 Å². The third kappa shape index (κ3) is 6.44. The number of nitrogens with zero attached hydrogens (tertiary/aromatic N) is 3. The number of nitriles is 1. The van der Waals surface area contributed by atoms with Gasteiger partial charge in [0.2, 0.25) is 0 Å². The number of ether oxygens (including phenoxy) is 1. The molecule has 5 heteroatoms. The summed E-state index contributed by atoms with van der Waals surface area (Å²) in [4.78, 5) is 15.7. The van der Waals surface area contributed by atoms with Crippen molar-refractivity contribution in [2.45, 2.75) is 58.7 Å². The second kappa shape index (κ2) is 6.25. The van der Waals surface area contributed by atoms with Crippen LogP contribution in [0.5, 0.6) is 0 Å². The molecule has 0 aliphatic heterocycles. The minimum Gasteiger partial charge on any atom is -0.444 e. The SMILES string of the molecule is CN(C)C(C#N)CN(C(=O)OC(C)(C)C)C(C)(C)C. The summed E-state index contributed by atoms with van der Waals surface area (Å²) in [6.07, 6.45) is -0.387. The first-order valence-electron chi connectivity index (χ1n) is 6.45. The molecule has 0 aromatic carbocycles. The number of rotatable bonds is 3. The monoisotopic (exact) mass is 269 g/mol. The van der Waals surface area contributed by atoms with E-state index in [1.165, 1.54) is 0 Å². The smallest absolute Gasteiger partial charge is 0.410 e. The van der Waals surface area contributed by atoms with Crippen LogP contribution in [0.15, 0.2) is 0 Å². The molecule has 0 radical (unpaired) electrons. The average molecular weight is 269 g/mol. The predicted molar refractivity (Wildman–Crippen MR) is 75.8 cm³/mol. The third-order valence-electron chi connectivity index (χ3n) is 2.55. The van der Waals surface area contributed by atoms with Crippen molar-refractivity contribution in [3.05, 3.63) is 0 Å². The van der Waals surface area contributed by atoms with Crippen LogP contribution in [0.2, 0.25) is 0 Å². The first-order chi connectivity index (χ1) is 8.38. The van der Waals surface area contributed by atoms with Crippen LogP contribution in [0.1, 0.15) is 41.5 Å². The lowest BCUT2D eigenvalue weighted by Gasteiger charge is -2.38. The number of likely N-dealkylation sites (N-methyl/N-ethyl adjacent to an activating group) is 1. The van der Waals surface area contributed by atoms with Gasteiger partial charge in [-0.3, -0.25) is 4.90 Å². The minimum atomic E-state index is -0.541. The van der Waals surface area contributed by atoms with Gasteiger partial charge in [0.1, 0.15) is 11.6 Å². The van der Waals surface area contributed by atoms with Gasteiger partial charge >= 0.3 is 6.09 Å². The van der Waals surface area contributed by atoms with Gasteiger partial charge in [0.15, 0.2) is 0 Å². The predicted octanol–water partition coefficient (Wildman–Crippen LogP) is 2.48. The largest absolute Gasteiger partial charge is 0.444 e. The molecule has 0 N–H and O–H groups in total. The molecular weight excluding hydrogens is 242 g/mol. The molecule has 0 bridgehead atoms. The molecule has 1 amide bonds. The highest BCUT2D eigenvalue weighted by atomic mass is 16.6. The highest BCUT2D eigenvalue weighted by Gasteiger charge is 2.32. The van der Waals surface area contributed by atoms with Crippen LogP contribution in [-0.2, 0) is 4.74 Å². The van der Waals surface area contributed by atoms with E-state index in [2.05, 4.69) is 6.07 Å². The topological polar surface area (TPSA) is 56.6 Å². The van der Waals surface area contributed by atoms with Crippen LogP contribution >= 0.6 is 0 Å². The summed E-state index contributed by atoms with van der Waals surface area (Å²) in [5, 5.41) is 9.15. The van der Waals surface area contributed by atoms with Gasteiger partial charge in [-0.1, -0.05) is 0 Å². The second-order valence-electron chi connectivity index (χ2n) is 6.87. The van der Waals surface area contributed by atoms with Crippen molar-refractivity contribution < 1.29 is 9.53 Å². The third-order valence-corrected chi connectivity index (χ3v) is 2.55. The highest BCUT2D eigenvalue weighted by Crippen LogP contribution is 2.19. The van der Waals surface area contributed by atoms with Gasteiger partial charge in [-0.05, 0) is 55.6 Å². The first-order valence-corrected chi connectivity index (χ1v) is 6.45. The van der Waals surface area contributed by atoms with Crippen molar-refractivity contribution >= 4 is 6.09 Å². The van der Waals surface area contributed by atoms with E-state index in [4.69, 9.17) is 10.00 Å². The van der Waals surface area contributed by atoms with Gasteiger partial charge in [-0.15, -0.1) is 0 Å². The molecule has 0 spiro atoms. The Morgan fingerprint density at radius 1 is 1.21 bits per heavy atom. The Morgan fingerprint density at radius 3 is 1.95 bits per heavy atom. The molecule has 0 saturated heterocycles. The molecule has 0 rings (SSSR count). The van der Waals surface area contributed by atoms with Crippen molar-refractivity contribution in [1.82, 2.24) is 9.80 Å². The zero-order valence-corrected chi connectivity index (χ0v) is 13.4. The fourth-order valence-corrected chi connectivity index (χ4v) is 1.43. The van der Waals surface area contributed by atoms with Crippen molar-refractivity contribution in [2.24, 2.45) is 0 Å². The lowest BCUT2D eigenvalue weighted by molar-refractivity contribution is 0.00246. The summed E-state index contributed by atoms with van der Waals surface area (Å²) in [6, 6.07) is 1.84. The van der Waals surface area contributed by atoms with Crippen molar-refractivity contribution in [2.75, 3.05) is 20.6 Å². The molecule has 110 valence electrons. The van der Waals surface area contributed by atoms with Gasteiger partial charge in [0.05, 0.1) is 12.6 Å². The molecule has 5 nitrogen and oxygen atoms in total. The van der Waals surface area contributed by atoms with E-state index < -0.39 is 11.1 Å². The van der Waals surface area contributed by atoms with Gasteiger partial charge in [0, 0.05) is 5.54 Å². The fourth-order valence-electron chi connectivity index (χ4n) is 1.43.